The van der Waals surface area contributed by atoms with Gasteiger partial charge in [-0.05, 0) is 23.1 Å². The molecule has 0 aromatic heterocycles. The summed E-state index contributed by atoms with van der Waals surface area (Å²) in [6.07, 6.45) is 0. The molecule has 0 aliphatic carbocycles. The summed E-state index contributed by atoms with van der Waals surface area (Å²) < 4.78 is 4.73. The number of nitrogens with two attached hydrogens (primary N) is 1. The maximum Gasteiger partial charge on any atom is 0.338 e. The minimum absolute atomic E-state index is 0.172. The molecule has 0 atom stereocenters. The van der Waals surface area contributed by atoms with Crippen LogP contribution in [-0.4, -0.2) is 13.1 Å². The number of methoxy groups -OCH3 is 1. The lowest BCUT2D eigenvalue weighted by atomic mass is 9.82. The van der Waals surface area contributed by atoms with Gasteiger partial charge < -0.3 is 10.5 Å². The fraction of sp³-hybridized carbons (Fsp3) is 0.417. The first-order valence-corrected chi connectivity index (χ1v) is 4.85. The van der Waals surface area contributed by atoms with Gasteiger partial charge in [0.1, 0.15) is 0 Å². The van der Waals surface area contributed by atoms with Gasteiger partial charge >= 0.3 is 5.97 Å². The third-order valence-electron chi connectivity index (χ3n) is 2.25. The Bertz CT molecular complexity index is 378. The van der Waals surface area contributed by atoms with Gasteiger partial charge in [0.05, 0.1) is 12.7 Å². The molecule has 0 amide bonds. The highest BCUT2D eigenvalue weighted by Gasteiger charge is 2.24. The first-order valence-electron chi connectivity index (χ1n) is 4.85. The predicted octanol–water partition coefficient (Wildman–Crippen LogP) is 2.35. The summed E-state index contributed by atoms with van der Waals surface area (Å²) in [6.45, 7) is 6.06. The molecule has 0 radical (unpaired) electrons. The van der Waals surface area contributed by atoms with Crippen LogP contribution in [0.15, 0.2) is 18.2 Å². The molecule has 1 aromatic carbocycles. The topological polar surface area (TPSA) is 52.3 Å². The van der Waals surface area contributed by atoms with Crippen molar-refractivity contribution < 1.29 is 9.53 Å². The van der Waals surface area contributed by atoms with Crippen LogP contribution in [0.5, 0.6) is 0 Å². The number of rotatable bonds is 1. The number of hydrogen-bond donors (Lipinski definition) is 1. The fourth-order valence-electron chi connectivity index (χ4n) is 1.69. The molecule has 1 rings (SSSR count). The van der Waals surface area contributed by atoms with Crippen molar-refractivity contribution in [1.82, 2.24) is 0 Å². The van der Waals surface area contributed by atoms with E-state index in [4.69, 9.17) is 10.5 Å². The van der Waals surface area contributed by atoms with E-state index in [1.807, 2.05) is 20.8 Å². The van der Waals surface area contributed by atoms with Gasteiger partial charge in [0.25, 0.3) is 0 Å². The monoisotopic (exact) mass is 207 g/mol. The quantitative estimate of drug-likeness (QED) is 0.568. The Morgan fingerprint density at radius 2 is 1.93 bits per heavy atom. The Morgan fingerprint density at radius 1 is 1.33 bits per heavy atom. The lowest BCUT2D eigenvalue weighted by molar-refractivity contribution is 0.0598. The lowest BCUT2D eigenvalue weighted by Gasteiger charge is -2.23. The van der Waals surface area contributed by atoms with Crippen LogP contribution < -0.4 is 5.73 Å². The molecule has 0 saturated carbocycles. The molecule has 15 heavy (non-hydrogen) atoms. The van der Waals surface area contributed by atoms with Crippen molar-refractivity contribution in [3.05, 3.63) is 29.3 Å². The number of benzene rings is 1. The molecule has 82 valence electrons. The van der Waals surface area contributed by atoms with Crippen LogP contribution in [0.3, 0.4) is 0 Å². The molecule has 2 N–H and O–H groups in total. The first kappa shape index (κ1) is 11.6. The summed E-state index contributed by atoms with van der Waals surface area (Å²) in [5, 5.41) is 0. The SMILES string of the molecule is COC(=O)c1cccc(N)c1C(C)(C)C. The Hall–Kier alpha value is -1.51. The molecule has 0 heterocycles. The number of carbonyl (C=O) groups is 1. The zero-order valence-corrected chi connectivity index (χ0v) is 9.63. The minimum atomic E-state index is -0.341. The summed E-state index contributed by atoms with van der Waals surface area (Å²) >= 11 is 0. The zero-order valence-electron chi connectivity index (χ0n) is 9.63. The largest absolute Gasteiger partial charge is 0.465 e. The Balaban J connectivity index is 3.40. The van der Waals surface area contributed by atoms with Gasteiger partial charge in [0.15, 0.2) is 0 Å². The normalized spacial score (nSPS) is 11.2. The molecule has 0 saturated heterocycles. The van der Waals surface area contributed by atoms with Crippen LogP contribution >= 0.6 is 0 Å². The molecule has 0 unspecified atom stereocenters. The van der Waals surface area contributed by atoms with Gasteiger partial charge in [-0.1, -0.05) is 26.8 Å². The number of ether oxygens (including phenoxy) is 1. The maximum absolute atomic E-state index is 11.6. The number of hydrogen-bond acceptors (Lipinski definition) is 3. The maximum atomic E-state index is 11.6. The summed E-state index contributed by atoms with van der Waals surface area (Å²) in [5.41, 5.74) is 7.74. The minimum Gasteiger partial charge on any atom is -0.465 e. The van der Waals surface area contributed by atoms with E-state index in [2.05, 4.69) is 0 Å². The van der Waals surface area contributed by atoms with E-state index in [1.165, 1.54) is 7.11 Å². The summed E-state index contributed by atoms with van der Waals surface area (Å²) in [5.74, 6) is -0.341. The van der Waals surface area contributed by atoms with Crippen molar-refractivity contribution in [3.63, 3.8) is 0 Å². The molecule has 1 aromatic rings. The Morgan fingerprint density at radius 3 is 2.40 bits per heavy atom. The second kappa shape index (κ2) is 3.93. The third kappa shape index (κ3) is 2.29. The smallest absolute Gasteiger partial charge is 0.338 e. The molecule has 0 spiro atoms. The van der Waals surface area contributed by atoms with E-state index >= 15 is 0 Å². The second-order valence-corrected chi connectivity index (χ2v) is 4.51. The van der Waals surface area contributed by atoms with Crippen LogP contribution in [0.25, 0.3) is 0 Å². The molecular formula is C12H17NO2. The summed E-state index contributed by atoms with van der Waals surface area (Å²) in [4.78, 5) is 11.6. The molecule has 0 aliphatic rings. The van der Waals surface area contributed by atoms with E-state index in [0.717, 1.165) is 5.56 Å². The van der Waals surface area contributed by atoms with E-state index in [-0.39, 0.29) is 11.4 Å². The van der Waals surface area contributed by atoms with Crippen molar-refractivity contribution in [2.75, 3.05) is 12.8 Å². The fourth-order valence-corrected chi connectivity index (χ4v) is 1.69. The highest BCUT2D eigenvalue weighted by Crippen LogP contribution is 2.31. The van der Waals surface area contributed by atoms with Crippen molar-refractivity contribution in [1.29, 1.82) is 0 Å². The number of nitrogen functional groups attached to an aromatic ring is 1. The van der Waals surface area contributed by atoms with E-state index in [0.29, 0.717) is 11.3 Å². The van der Waals surface area contributed by atoms with Crippen LogP contribution in [-0.2, 0) is 10.2 Å². The average Bonchev–Trinajstić information content (AvgIpc) is 2.14. The number of carbonyl (C=O) groups excluding carboxylic acids is 1. The molecular weight excluding hydrogens is 190 g/mol. The standard InChI is InChI=1S/C12H17NO2/c1-12(2,3)10-8(11(14)15-4)6-5-7-9(10)13/h5-7H,13H2,1-4H3. The van der Waals surface area contributed by atoms with Crippen molar-refractivity contribution >= 4 is 11.7 Å². The zero-order chi connectivity index (χ0) is 11.6. The average molecular weight is 207 g/mol. The van der Waals surface area contributed by atoms with Gasteiger partial charge in [-0.3, -0.25) is 0 Å². The second-order valence-electron chi connectivity index (χ2n) is 4.51. The summed E-state index contributed by atoms with van der Waals surface area (Å²) in [6, 6.07) is 5.30. The molecule has 3 nitrogen and oxygen atoms in total. The van der Waals surface area contributed by atoms with Crippen LogP contribution in [0.4, 0.5) is 5.69 Å². The number of esters is 1. The Kier molecular flexibility index (Phi) is 3.03. The van der Waals surface area contributed by atoms with Crippen LogP contribution in [0.2, 0.25) is 0 Å². The third-order valence-corrected chi connectivity index (χ3v) is 2.25. The molecule has 0 bridgehead atoms. The van der Waals surface area contributed by atoms with Gasteiger partial charge in [-0.15, -0.1) is 0 Å². The van der Waals surface area contributed by atoms with Gasteiger partial charge in [0, 0.05) is 5.69 Å². The molecule has 3 heteroatoms. The van der Waals surface area contributed by atoms with Crippen LogP contribution in [0, 0.1) is 0 Å². The Labute approximate surface area is 90.2 Å². The van der Waals surface area contributed by atoms with Gasteiger partial charge in [0.2, 0.25) is 0 Å². The van der Waals surface area contributed by atoms with Gasteiger partial charge in [-0.25, -0.2) is 4.79 Å². The summed E-state index contributed by atoms with van der Waals surface area (Å²) in [7, 11) is 1.37. The first-order chi connectivity index (χ1) is 6.88. The van der Waals surface area contributed by atoms with Crippen molar-refractivity contribution in [2.45, 2.75) is 26.2 Å². The highest BCUT2D eigenvalue weighted by atomic mass is 16.5. The highest BCUT2D eigenvalue weighted by molar-refractivity contribution is 5.93. The lowest BCUT2D eigenvalue weighted by Crippen LogP contribution is -2.19. The predicted molar refractivity (Wildman–Crippen MR) is 60.9 cm³/mol. The van der Waals surface area contributed by atoms with E-state index in [1.54, 1.807) is 18.2 Å². The van der Waals surface area contributed by atoms with E-state index in [9.17, 15) is 4.79 Å². The van der Waals surface area contributed by atoms with Crippen molar-refractivity contribution in [3.8, 4) is 0 Å². The van der Waals surface area contributed by atoms with Crippen molar-refractivity contribution in [2.24, 2.45) is 0 Å². The molecule has 0 fully saturated rings. The van der Waals surface area contributed by atoms with Gasteiger partial charge in [-0.2, -0.15) is 0 Å². The van der Waals surface area contributed by atoms with Crippen LogP contribution in [0.1, 0.15) is 36.7 Å². The van der Waals surface area contributed by atoms with E-state index < -0.39 is 0 Å². The number of anilines is 1. The molecule has 0 aliphatic heterocycles.